The number of anilines is 1. The number of aliphatic hydroxyl groups is 1. The number of rotatable bonds is 3. The highest BCUT2D eigenvalue weighted by molar-refractivity contribution is 6.04. The van der Waals surface area contributed by atoms with Crippen LogP contribution in [0.5, 0.6) is 0 Å². The summed E-state index contributed by atoms with van der Waals surface area (Å²) < 4.78 is 0. The second-order valence-electron chi connectivity index (χ2n) is 5.68. The average molecular weight is 284 g/mol. The molecule has 1 aliphatic rings. The molecular weight excluding hydrogens is 264 g/mol. The third kappa shape index (κ3) is 2.36. The Labute approximate surface area is 124 Å². The first-order valence-corrected chi connectivity index (χ1v) is 7.30. The van der Waals surface area contributed by atoms with Crippen LogP contribution in [0.2, 0.25) is 0 Å². The molecule has 0 aliphatic heterocycles. The lowest BCUT2D eigenvalue weighted by Crippen LogP contribution is -2.40. The molecule has 3 rings (SSSR count). The number of benzene rings is 2. The Morgan fingerprint density at radius 3 is 2.71 bits per heavy atom. The van der Waals surface area contributed by atoms with Crippen LogP contribution in [-0.4, -0.2) is 35.7 Å². The Balaban J connectivity index is 1.94. The standard InChI is InChI=1S/C17H20N2O2/c1-11(10-20)19(2)17(21)18-15-9-8-13-7-6-12-4-3-5-14(15)16(12)13/h3-5,8-9,11,20H,6-7,10H2,1-2H3,(H,18,21). The van der Waals surface area contributed by atoms with Crippen molar-refractivity contribution in [2.75, 3.05) is 19.0 Å². The van der Waals surface area contributed by atoms with E-state index in [-0.39, 0.29) is 18.7 Å². The number of hydrogen-bond donors (Lipinski definition) is 2. The number of aliphatic hydroxyl groups excluding tert-OH is 1. The van der Waals surface area contributed by atoms with Gasteiger partial charge in [-0.25, -0.2) is 4.79 Å². The zero-order chi connectivity index (χ0) is 15.0. The van der Waals surface area contributed by atoms with E-state index < -0.39 is 0 Å². The molecule has 0 saturated heterocycles. The van der Waals surface area contributed by atoms with Gasteiger partial charge in [-0.1, -0.05) is 24.3 Å². The maximum absolute atomic E-state index is 12.2. The van der Waals surface area contributed by atoms with Crippen LogP contribution < -0.4 is 5.32 Å². The van der Waals surface area contributed by atoms with Crippen molar-refractivity contribution >= 4 is 22.5 Å². The minimum Gasteiger partial charge on any atom is -0.394 e. The van der Waals surface area contributed by atoms with Gasteiger partial charge in [0.15, 0.2) is 0 Å². The largest absolute Gasteiger partial charge is 0.394 e. The summed E-state index contributed by atoms with van der Waals surface area (Å²) >= 11 is 0. The van der Waals surface area contributed by atoms with Crippen LogP contribution in [0.25, 0.3) is 10.8 Å². The van der Waals surface area contributed by atoms with Crippen LogP contribution in [-0.2, 0) is 12.8 Å². The smallest absolute Gasteiger partial charge is 0.321 e. The lowest BCUT2D eigenvalue weighted by atomic mass is 10.0. The minimum absolute atomic E-state index is 0.0479. The molecule has 1 unspecified atom stereocenters. The van der Waals surface area contributed by atoms with Gasteiger partial charge in [-0.3, -0.25) is 0 Å². The fourth-order valence-electron chi connectivity index (χ4n) is 2.88. The molecular formula is C17H20N2O2. The Kier molecular flexibility index (Phi) is 3.55. The zero-order valence-corrected chi connectivity index (χ0v) is 12.4. The van der Waals surface area contributed by atoms with E-state index in [4.69, 9.17) is 5.11 Å². The number of carbonyl (C=O) groups is 1. The fourth-order valence-corrected chi connectivity index (χ4v) is 2.88. The molecule has 0 saturated carbocycles. The van der Waals surface area contributed by atoms with E-state index in [2.05, 4.69) is 23.5 Å². The van der Waals surface area contributed by atoms with Crippen molar-refractivity contribution in [2.24, 2.45) is 0 Å². The van der Waals surface area contributed by atoms with E-state index in [0.717, 1.165) is 23.9 Å². The molecule has 0 heterocycles. The van der Waals surface area contributed by atoms with E-state index in [1.807, 2.05) is 19.1 Å². The van der Waals surface area contributed by atoms with Crippen LogP contribution in [0.3, 0.4) is 0 Å². The second-order valence-corrected chi connectivity index (χ2v) is 5.68. The Morgan fingerprint density at radius 2 is 2.00 bits per heavy atom. The third-order valence-electron chi connectivity index (χ3n) is 4.36. The molecule has 2 amide bonds. The van der Waals surface area contributed by atoms with Crippen LogP contribution in [0.4, 0.5) is 10.5 Å². The first kappa shape index (κ1) is 13.9. The molecule has 1 atom stereocenters. The fraction of sp³-hybridized carbons (Fsp3) is 0.353. The number of nitrogens with zero attached hydrogens (tertiary/aromatic N) is 1. The Hall–Kier alpha value is -2.07. The van der Waals surface area contributed by atoms with Gasteiger partial charge in [0.25, 0.3) is 0 Å². The lowest BCUT2D eigenvalue weighted by Gasteiger charge is -2.24. The average Bonchev–Trinajstić information content (AvgIpc) is 2.93. The van der Waals surface area contributed by atoms with Gasteiger partial charge in [0.1, 0.15) is 0 Å². The number of carbonyl (C=O) groups excluding carboxylic acids is 1. The topological polar surface area (TPSA) is 52.6 Å². The number of amides is 2. The van der Waals surface area contributed by atoms with Crippen molar-refractivity contribution in [3.05, 3.63) is 41.5 Å². The van der Waals surface area contributed by atoms with Gasteiger partial charge in [0.05, 0.1) is 18.3 Å². The molecule has 2 aromatic rings. The van der Waals surface area contributed by atoms with Crippen molar-refractivity contribution in [1.82, 2.24) is 4.90 Å². The highest BCUT2D eigenvalue weighted by atomic mass is 16.3. The van der Waals surface area contributed by atoms with Crippen molar-refractivity contribution in [3.8, 4) is 0 Å². The van der Waals surface area contributed by atoms with E-state index in [9.17, 15) is 4.79 Å². The summed E-state index contributed by atoms with van der Waals surface area (Å²) in [5.74, 6) is 0. The maximum Gasteiger partial charge on any atom is 0.321 e. The van der Waals surface area contributed by atoms with Gasteiger partial charge >= 0.3 is 6.03 Å². The van der Waals surface area contributed by atoms with Crippen LogP contribution in [0.15, 0.2) is 30.3 Å². The molecule has 0 radical (unpaired) electrons. The molecule has 2 N–H and O–H groups in total. The number of likely N-dealkylation sites (N-methyl/N-ethyl adjacent to an activating group) is 1. The second kappa shape index (κ2) is 5.37. The SMILES string of the molecule is CC(CO)N(C)C(=O)Nc1ccc2c3c(cccc13)CC2. The normalized spacial score (nSPS) is 14.2. The molecule has 0 aromatic heterocycles. The molecule has 4 nitrogen and oxygen atoms in total. The van der Waals surface area contributed by atoms with Crippen molar-refractivity contribution in [1.29, 1.82) is 0 Å². The summed E-state index contributed by atoms with van der Waals surface area (Å²) in [6.07, 6.45) is 2.15. The van der Waals surface area contributed by atoms with Crippen LogP contribution >= 0.6 is 0 Å². The van der Waals surface area contributed by atoms with E-state index in [1.165, 1.54) is 21.4 Å². The van der Waals surface area contributed by atoms with E-state index in [0.29, 0.717) is 0 Å². The molecule has 4 heteroatoms. The molecule has 2 aromatic carbocycles. The van der Waals surface area contributed by atoms with Crippen molar-refractivity contribution in [2.45, 2.75) is 25.8 Å². The summed E-state index contributed by atoms with van der Waals surface area (Å²) in [6, 6.07) is 9.93. The van der Waals surface area contributed by atoms with Gasteiger partial charge in [-0.05, 0) is 42.3 Å². The third-order valence-corrected chi connectivity index (χ3v) is 4.36. The van der Waals surface area contributed by atoms with E-state index in [1.54, 1.807) is 7.05 Å². The summed E-state index contributed by atoms with van der Waals surface area (Å²) in [7, 11) is 1.69. The molecule has 1 aliphatic carbocycles. The van der Waals surface area contributed by atoms with E-state index >= 15 is 0 Å². The zero-order valence-electron chi connectivity index (χ0n) is 12.4. The minimum atomic E-state index is -0.207. The predicted octanol–water partition coefficient (Wildman–Crippen LogP) is 2.78. The van der Waals surface area contributed by atoms with Crippen molar-refractivity contribution < 1.29 is 9.90 Å². The van der Waals surface area contributed by atoms with Gasteiger partial charge in [-0.15, -0.1) is 0 Å². The summed E-state index contributed by atoms with van der Waals surface area (Å²) in [4.78, 5) is 13.8. The number of aryl methyl sites for hydroxylation is 2. The quantitative estimate of drug-likeness (QED) is 0.910. The Bertz CT molecular complexity index is 686. The summed E-state index contributed by atoms with van der Waals surface area (Å²) in [6.45, 7) is 1.76. The molecule has 21 heavy (non-hydrogen) atoms. The summed E-state index contributed by atoms with van der Waals surface area (Å²) in [5.41, 5.74) is 3.55. The van der Waals surface area contributed by atoms with Crippen LogP contribution in [0, 0.1) is 0 Å². The first-order valence-electron chi connectivity index (χ1n) is 7.30. The molecule has 0 fully saturated rings. The van der Waals surface area contributed by atoms with Gasteiger partial charge in [0.2, 0.25) is 0 Å². The summed E-state index contributed by atoms with van der Waals surface area (Å²) in [5, 5.41) is 14.5. The van der Waals surface area contributed by atoms with Gasteiger partial charge < -0.3 is 15.3 Å². The number of hydrogen-bond acceptors (Lipinski definition) is 2. The van der Waals surface area contributed by atoms with Gasteiger partial charge in [0, 0.05) is 12.4 Å². The molecule has 110 valence electrons. The predicted molar refractivity (Wildman–Crippen MR) is 84.7 cm³/mol. The first-order chi connectivity index (χ1) is 10.1. The monoisotopic (exact) mass is 284 g/mol. The van der Waals surface area contributed by atoms with Crippen molar-refractivity contribution in [3.63, 3.8) is 0 Å². The van der Waals surface area contributed by atoms with Gasteiger partial charge in [-0.2, -0.15) is 0 Å². The highest BCUT2D eigenvalue weighted by Crippen LogP contribution is 2.35. The molecule has 0 bridgehead atoms. The maximum atomic E-state index is 12.2. The molecule has 0 spiro atoms. The van der Waals surface area contributed by atoms with Crippen LogP contribution in [0.1, 0.15) is 18.1 Å². The lowest BCUT2D eigenvalue weighted by molar-refractivity contribution is 0.166. The number of nitrogens with one attached hydrogen (secondary N) is 1. The highest BCUT2D eigenvalue weighted by Gasteiger charge is 2.19. The Morgan fingerprint density at radius 1 is 1.29 bits per heavy atom. The number of urea groups is 1.